The molecule has 0 aliphatic heterocycles. The maximum Gasteiger partial charge on any atom is 0.277 e. The van der Waals surface area contributed by atoms with Crippen molar-refractivity contribution in [1.29, 1.82) is 0 Å². The molecule has 1 N–H and O–H groups in total. The summed E-state index contributed by atoms with van der Waals surface area (Å²) in [5, 5.41) is 6.01. The van der Waals surface area contributed by atoms with E-state index in [4.69, 9.17) is 27.9 Å². The minimum atomic E-state index is -0.325. The van der Waals surface area contributed by atoms with Gasteiger partial charge < -0.3 is 4.74 Å². The van der Waals surface area contributed by atoms with Gasteiger partial charge in [-0.05, 0) is 55.7 Å². The molecule has 2 atom stereocenters. The van der Waals surface area contributed by atoms with Crippen LogP contribution in [0.2, 0.25) is 10.0 Å². The number of hydrogen-bond donors (Lipinski definition) is 1. The minimum absolute atomic E-state index is 0.0446. The van der Waals surface area contributed by atoms with Gasteiger partial charge in [0.2, 0.25) is 0 Å². The first kappa shape index (κ1) is 20.4. The van der Waals surface area contributed by atoms with Gasteiger partial charge in [0, 0.05) is 22.2 Å². The highest BCUT2D eigenvalue weighted by Gasteiger charge is 2.60. The molecule has 4 rings (SSSR count). The van der Waals surface area contributed by atoms with E-state index >= 15 is 0 Å². The van der Waals surface area contributed by atoms with Crippen molar-refractivity contribution < 1.29 is 9.53 Å². The van der Waals surface area contributed by atoms with E-state index < -0.39 is 0 Å². The third kappa shape index (κ3) is 3.28. The molecule has 2 saturated carbocycles. The van der Waals surface area contributed by atoms with Crippen LogP contribution in [0, 0.1) is 23.7 Å². The second-order valence-corrected chi connectivity index (χ2v) is 9.71. The second kappa shape index (κ2) is 7.13. The number of nitrogens with one attached hydrogen (secondary N) is 1. The van der Waals surface area contributed by atoms with Crippen LogP contribution >= 0.6 is 23.2 Å². The Hall–Kier alpha value is -1.85. The molecule has 1 aromatic heterocycles. The van der Waals surface area contributed by atoms with E-state index in [0.717, 1.165) is 29.6 Å². The number of ether oxygens (including phenoxy) is 1. The van der Waals surface area contributed by atoms with Gasteiger partial charge in [-0.2, -0.15) is 5.10 Å². The van der Waals surface area contributed by atoms with E-state index in [2.05, 4.69) is 36.3 Å². The van der Waals surface area contributed by atoms with Gasteiger partial charge in [0.15, 0.2) is 12.4 Å². The Kier molecular flexibility index (Phi) is 5.02. The number of amides is 1. The Morgan fingerprint density at radius 3 is 2.72 bits per heavy atom. The standard InChI is InChI=1S/C22H25Cl2N3O2/c1-12-5-6-14-15(23)10-16(24)20(19(14)25-12)29-11-18(28)27-26-17-9-13-7-8-22(17,4)21(13,2)3/h5-6,10,13H,7-9,11H2,1-4H3,(H,27,28). The summed E-state index contributed by atoms with van der Waals surface area (Å²) in [4.78, 5) is 16.9. The van der Waals surface area contributed by atoms with Crippen molar-refractivity contribution in [3.05, 3.63) is 33.9 Å². The van der Waals surface area contributed by atoms with Crippen LogP contribution in [0.3, 0.4) is 0 Å². The molecule has 7 heteroatoms. The highest BCUT2D eigenvalue weighted by atomic mass is 35.5. The molecule has 1 aromatic carbocycles. The maximum atomic E-state index is 12.4. The summed E-state index contributed by atoms with van der Waals surface area (Å²) in [5.74, 6) is 0.659. The number of rotatable bonds is 4. The lowest BCUT2D eigenvalue weighted by molar-refractivity contribution is -0.123. The van der Waals surface area contributed by atoms with Gasteiger partial charge in [0.05, 0.1) is 10.0 Å². The minimum Gasteiger partial charge on any atom is -0.480 e. The third-order valence-electron chi connectivity index (χ3n) is 7.15. The van der Waals surface area contributed by atoms with E-state index in [9.17, 15) is 4.79 Å². The third-order valence-corrected chi connectivity index (χ3v) is 7.75. The van der Waals surface area contributed by atoms with Crippen LogP contribution in [-0.2, 0) is 4.79 Å². The predicted molar refractivity (Wildman–Crippen MR) is 117 cm³/mol. The van der Waals surface area contributed by atoms with Crippen LogP contribution in [0.25, 0.3) is 10.9 Å². The summed E-state index contributed by atoms with van der Waals surface area (Å²) < 4.78 is 5.73. The first-order chi connectivity index (χ1) is 13.6. The van der Waals surface area contributed by atoms with E-state index in [1.807, 2.05) is 19.1 Å². The van der Waals surface area contributed by atoms with E-state index in [1.54, 1.807) is 6.07 Å². The maximum absolute atomic E-state index is 12.4. The van der Waals surface area contributed by atoms with Gasteiger partial charge in [-0.15, -0.1) is 0 Å². The van der Waals surface area contributed by atoms with Gasteiger partial charge >= 0.3 is 0 Å². The first-order valence-corrected chi connectivity index (χ1v) is 10.6. The fourth-order valence-electron chi connectivity index (χ4n) is 4.82. The molecule has 5 nitrogen and oxygen atoms in total. The van der Waals surface area contributed by atoms with Gasteiger partial charge in [0.1, 0.15) is 5.52 Å². The zero-order valence-electron chi connectivity index (χ0n) is 17.1. The smallest absolute Gasteiger partial charge is 0.277 e. The van der Waals surface area contributed by atoms with Crippen LogP contribution < -0.4 is 10.2 Å². The normalized spacial score (nSPS) is 26.3. The number of carbonyl (C=O) groups excluding carboxylic acids is 1. The van der Waals surface area contributed by atoms with Crippen molar-refractivity contribution in [2.45, 2.75) is 47.0 Å². The average Bonchev–Trinajstić information content (AvgIpc) is 2.99. The molecule has 2 bridgehead atoms. The van der Waals surface area contributed by atoms with Crippen LogP contribution in [0.4, 0.5) is 0 Å². The zero-order chi connectivity index (χ0) is 21.0. The van der Waals surface area contributed by atoms with Crippen molar-refractivity contribution in [1.82, 2.24) is 10.4 Å². The quantitative estimate of drug-likeness (QED) is 0.642. The van der Waals surface area contributed by atoms with Crippen molar-refractivity contribution in [2.24, 2.45) is 21.8 Å². The number of hydrogen-bond acceptors (Lipinski definition) is 4. The zero-order valence-corrected chi connectivity index (χ0v) is 18.6. The summed E-state index contributed by atoms with van der Waals surface area (Å²) in [6.07, 6.45) is 3.29. The van der Waals surface area contributed by atoms with E-state index in [1.165, 1.54) is 6.42 Å². The predicted octanol–water partition coefficient (Wildman–Crippen LogP) is 5.55. The molecule has 154 valence electrons. The average molecular weight is 434 g/mol. The number of halogens is 2. The van der Waals surface area contributed by atoms with Gasteiger partial charge in [-0.1, -0.05) is 44.0 Å². The van der Waals surface area contributed by atoms with Gasteiger partial charge in [-0.25, -0.2) is 10.4 Å². The van der Waals surface area contributed by atoms with Crippen LogP contribution in [0.1, 0.15) is 45.7 Å². The highest BCUT2D eigenvalue weighted by Crippen LogP contribution is 2.63. The van der Waals surface area contributed by atoms with Gasteiger partial charge in [-0.3, -0.25) is 4.79 Å². The van der Waals surface area contributed by atoms with Crippen molar-refractivity contribution in [2.75, 3.05) is 6.61 Å². The summed E-state index contributed by atoms with van der Waals surface area (Å²) in [5.41, 5.74) is 5.36. The molecule has 0 saturated heterocycles. The monoisotopic (exact) mass is 433 g/mol. The molecule has 29 heavy (non-hydrogen) atoms. The lowest BCUT2D eigenvalue weighted by Gasteiger charge is -2.34. The van der Waals surface area contributed by atoms with Crippen LogP contribution in [0.15, 0.2) is 23.3 Å². The Bertz CT molecular complexity index is 1030. The number of nitrogens with zero attached hydrogens (tertiary/aromatic N) is 2. The highest BCUT2D eigenvalue weighted by molar-refractivity contribution is 6.39. The van der Waals surface area contributed by atoms with Gasteiger partial charge in [0.25, 0.3) is 5.91 Å². The summed E-state index contributed by atoms with van der Waals surface area (Å²) >= 11 is 12.6. The van der Waals surface area contributed by atoms with Crippen molar-refractivity contribution in [3.63, 3.8) is 0 Å². The molecule has 0 radical (unpaired) electrons. The molecule has 1 heterocycles. The van der Waals surface area contributed by atoms with Crippen LogP contribution in [0.5, 0.6) is 5.75 Å². The van der Waals surface area contributed by atoms with Crippen molar-refractivity contribution >= 4 is 45.7 Å². The largest absolute Gasteiger partial charge is 0.480 e. The molecule has 2 unspecified atom stereocenters. The molecule has 1 amide bonds. The second-order valence-electron chi connectivity index (χ2n) is 8.89. The van der Waals surface area contributed by atoms with E-state index in [-0.39, 0.29) is 23.3 Å². The Morgan fingerprint density at radius 2 is 2.07 bits per heavy atom. The summed E-state index contributed by atoms with van der Waals surface area (Å²) in [6.45, 7) is 8.54. The number of aryl methyl sites for hydroxylation is 1. The van der Waals surface area contributed by atoms with Crippen LogP contribution in [-0.4, -0.2) is 23.2 Å². The molecule has 2 fully saturated rings. The number of carbonyl (C=O) groups is 1. The fourth-order valence-corrected chi connectivity index (χ4v) is 5.40. The number of hydrazone groups is 1. The lowest BCUT2D eigenvalue weighted by atomic mass is 9.70. The lowest BCUT2D eigenvalue weighted by Crippen LogP contribution is -2.35. The molecule has 2 aromatic rings. The first-order valence-electron chi connectivity index (χ1n) is 9.87. The summed E-state index contributed by atoms with van der Waals surface area (Å²) in [6, 6.07) is 5.34. The molecule has 0 spiro atoms. The fraction of sp³-hybridized carbons (Fsp3) is 0.500. The summed E-state index contributed by atoms with van der Waals surface area (Å²) in [7, 11) is 0. The molecule has 2 aliphatic carbocycles. The van der Waals surface area contributed by atoms with E-state index in [0.29, 0.717) is 27.2 Å². The molecule has 2 aliphatic rings. The topological polar surface area (TPSA) is 63.6 Å². The number of fused-ring (bicyclic) bond motifs is 3. The Labute approximate surface area is 180 Å². The molecular formula is C22H25Cl2N3O2. The number of benzene rings is 1. The van der Waals surface area contributed by atoms with Crippen molar-refractivity contribution in [3.8, 4) is 5.75 Å². The number of aromatic nitrogens is 1. The Balaban J connectivity index is 1.48. The molecular weight excluding hydrogens is 409 g/mol. The SMILES string of the molecule is Cc1ccc2c(Cl)cc(Cl)c(OCC(=O)NN=C3CC4CCC3(C)C4(C)C)c2n1. The Morgan fingerprint density at radius 1 is 1.31 bits per heavy atom. The number of pyridine rings is 1.